The van der Waals surface area contributed by atoms with Crippen LogP contribution in [0.4, 0.5) is 5.82 Å². The molecule has 4 N–H and O–H groups in total. The fraction of sp³-hybridized carbons (Fsp3) is 0.273. The van der Waals surface area contributed by atoms with E-state index in [2.05, 4.69) is 36.0 Å². The van der Waals surface area contributed by atoms with Crippen LogP contribution in [0.3, 0.4) is 0 Å². The minimum Gasteiger partial charge on any atom is -0.338 e. The molecule has 2 heterocycles. The van der Waals surface area contributed by atoms with Crippen molar-refractivity contribution < 1.29 is 8.42 Å². The third-order valence-corrected chi connectivity index (χ3v) is 4.72. The number of anilines is 1. The normalized spacial score (nSPS) is 11.6. The van der Waals surface area contributed by atoms with Crippen molar-refractivity contribution in [2.75, 3.05) is 12.0 Å². The smallest absolute Gasteiger partial charge is 0.244 e. The Morgan fingerprint density at radius 1 is 1.43 bits per heavy atom. The number of aromatic nitrogens is 3. The molecular weight excluding hydrogens is 360 g/mol. The number of halogens is 1. The number of hydrogen-bond acceptors (Lipinski definition) is 6. The quantitative estimate of drug-likeness (QED) is 0.497. The van der Waals surface area contributed by atoms with Crippen LogP contribution in [0.5, 0.6) is 0 Å². The van der Waals surface area contributed by atoms with Gasteiger partial charge in [0.05, 0.1) is 0 Å². The van der Waals surface area contributed by atoms with Gasteiger partial charge in [-0.05, 0) is 22.0 Å². The molecule has 0 aliphatic rings. The molecule has 0 fully saturated rings. The van der Waals surface area contributed by atoms with E-state index in [-0.39, 0.29) is 17.3 Å². The van der Waals surface area contributed by atoms with Gasteiger partial charge < -0.3 is 9.99 Å². The Kier molecular flexibility index (Phi) is 4.93. The van der Waals surface area contributed by atoms with Crippen molar-refractivity contribution in [3.63, 3.8) is 0 Å². The summed E-state index contributed by atoms with van der Waals surface area (Å²) in [6.45, 7) is 0.226. The number of pyridine rings is 1. The minimum atomic E-state index is -3.71. The predicted octanol–water partition coefficient (Wildman–Crippen LogP) is 0.384. The van der Waals surface area contributed by atoms with E-state index in [9.17, 15) is 8.42 Å². The monoisotopic (exact) mass is 374 g/mol. The number of sulfonamides is 1. The highest BCUT2D eigenvalue weighted by Crippen LogP contribution is 2.21. The Hall–Kier alpha value is -1.49. The molecule has 0 saturated heterocycles. The number of nitrogens with two attached hydrogens (primary N) is 1. The fourth-order valence-electron chi connectivity index (χ4n) is 1.75. The molecule has 2 aromatic rings. The van der Waals surface area contributed by atoms with E-state index in [0.29, 0.717) is 10.9 Å². The second-order valence-corrected chi connectivity index (χ2v) is 6.90. The van der Waals surface area contributed by atoms with Gasteiger partial charge in [0.2, 0.25) is 10.0 Å². The maximum Gasteiger partial charge on any atom is 0.244 e. The van der Waals surface area contributed by atoms with E-state index in [1.165, 1.54) is 12.3 Å². The van der Waals surface area contributed by atoms with Crippen LogP contribution in [0.25, 0.3) is 0 Å². The van der Waals surface area contributed by atoms with Gasteiger partial charge in [-0.15, -0.1) is 0 Å². The number of nitrogens with one attached hydrogen (secondary N) is 2. The topological polar surface area (TPSA) is 115 Å². The second-order valence-electron chi connectivity index (χ2n) is 4.25. The zero-order chi connectivity index (χ0) is 15.5. The Bertz CT molecular complexity index is 730. The first kappa shape index (κ1) is 15.9. The summed E-state index contributed by atoms with van der Waals surface area (Å²) in [7, 11) is -1.86. The lowest BCUT2D eigenvalue weighted by molar-refractivity contribution is 0.580. The molecule has 0 aliphatic heterocycles. The van der Waals surface area contributed by atoms with Gasteiger partial charge in [-0.2, -0.15) is 0 Å². The number of rotatable bonds is 6. The van der Waals surface area contributed by atoms with E-state index in [0.717, 1.165) is 5.82 Å². The van der Waals surface area contributed by atoms with Crippen LogP contribution in [-0.2, 0) is 23.5 Å². The zero-order valence-electron chi connectivity index (χ0n) is 11.2. The third-order valence-electron chi connectivity index (χ3n) is 2.81. The molecule has 114 valence electrons. The van der Waals surface area contributed by atoms with Crippen LogP contribution >= 0.6 is 15.9 Å². The van der Waals surface area contributed by atoms with E-state index in [4.69, 9.17) is 5.84 Å². The van der Waals surface area contributed by atoms with Gasteiger partial charge in [0, 0.05) is 43.1 Å². The maximum atomic E-state index is 12.3. The maximum absolute atomic E-state index is 12.3. The predicted molar refractivity (Wildman–Crippen MR) is 81.8 cm³/mol. The molecule has 0 saturated carbocycles. The van der Waals surface area contributed by atoms with Crippen molar-refractivity contribution in [3.05, 3.63) is 35.0 Å². The van der Waals surface area contributed by atoms with Crippen LogP contribution in [0.1, 0.15) is 5.82 Å². The molecule has 0 aliphatic carbocycles. The molecule has 0 aromatic carbocycles. The number of aryl methyl sites for hydroxylation is 1. The summed E-state index contributed by atoms with van der Waals surface area (Å²) in [6.07, 6.45) is 5.41. The van der Waals surface area contributed by atoms with E-state index < -0.39 is 10.0 Å². The van der Waals surface area contributed by atoms with Crippen LogP contribution in [0.2, 0.25) is 0 Å². The van der Waals surface area contributed by atoms with E-state index in [1.807, 2.05) is 11.6 Å². The first-order valence-corrected chi connectivity index (χ1v) is 8.29. The molecule has 0 amide bonds. The summed E-state index contributed by atoms with van der Waals surface area (Å²) in [6, 6.07) is 1.44. The molecule has 2 aromatic heterocycles. The summed E-state index contributed by atoms with van der Waals surface area (Å²) >= 11 is 3.19. The van der Waals surface area contributed by atoms with Crippen LogP contribution in [0, 0.1) is 0 Å². The van der Waals surface area contributed by atoms with Crippen molar-refractivity contribution >= 4 is 31.8 Å². The number of hydrazine groups is 1. The zero-order valence-corrected chi connectivity index (χ0v) is 13.6. The van der Waals surface area contributed by atoms with Gasteiger partial charge in [0.1, 0.15) is 10.7 Å². The van der Waals surface area contributed by atoms with Gasteiger partial charge in [-0.3, -0.25) is 0 Å². The molecule has 2 rings (SSSR count). The lowest BCUT2D eigenvalue weighted by atomic mass is 10.4. The average Bonchev–Trinajstić information content (AvgIpc) is 2.84. The van der Waals surface area contributed by atoms with Crippen molar-refractivity contribution in [2.24, 2.45) is 12.9 Å². The highest BCUT2D eigenvalue weighted by atomic mass is 79.9. The first-order chi connectivity index (χ1) is 9.94. The minimum absolute atomic E-state index is 0.0146. The molecule has 0 radical (unpaired) electrons. The standard InChI is InChI=1S/C11H15BrN6O2S/c1-18-5-4-14-10(18)2-3-16-21(19,20)9-6-8(12)7-15-11(9)17-13/h4-7,16H,2-3,13H2,1H3,(H,15,17). The molecule has 10 heteroatoms. The summed E-state index contributed by atoms with van der Waals surface area (Å²) in [4.78, 5) is 8.03. The summed E-state index contributed by atoms with van der Waals surface area (Å²) in [5, 5.41) is 0. The van der Waals surface area contributed by atoms with Gasteiger partial charge in [0.15, 0.2) is 5.82 Å². The summed E-state index contributed by atoms with van der Waals surface area (Å²) in [5.41, 5.74) is 2.27. The van der Waals surface area contributed by atoms with Crippen molar-refractivity contribution in [2.45, 2.75) is 11.3 Å². The molecule has 0 unspecified atom stereocenters. The Morgan fingerprint density at radius 3 is 2.81 bits per heavy atom. The SMILES string of the molecule is Cn1ccnc1CCNS(=O)(=O)c1cc(Br)cnc1NN. The molecular formula is C11H15BrN6O2S. The van der Waals surface area contributed by atoms with Crippen LogP contribution < -0.4 is 16.0 Å². The van der Waals surface area contributed by atoms with Gasteiger partial charge in [0.25, 0.3) is 0 Å². The van der Waals surface area contributed by atoms with E-state index >= 15 is 0 Å². The summed E-state index contributed by atoms with van der Waals surface area (Å²) < 4.78 is 29.5. The molecule has 0 spiro atoms. The number of hydrogen-bond donors (Lipinski definition) is 3. The Labute approximate surface area is 130 Å². The first-order valence-electron chi connectivity index (χ1n) is 6.02. The van der Waals surface area contributed by atoms with Crippen molar-refractivity contribution in [1.29, 1.82) is 0 Å². The molecule has 21 heavy (non-hydrogen) atoms. The van der Waals surface area contributed by atoms with Gasteiger partial charge >= 0.3 is 0 Å². The largest absolute Gasteiger partial charge is 0.338 e. The lowest BCUT2D eigenvalue weighted by Crippen LogP contribution is -2.28. The Balaban J connectivity index is 2.12. The number of nitrogen functional groups attached to an aromatic ring is 1. The van der Waals surface area contributed by atoms with Crippen LogP contribution in [-0.4, -0.2) is 29.5 Å². The number of nitrogens with zero attached hydrogens (tertiary/aromatic N) is 3. The van der Waals surface area contributed by atoms with Crippen molar-refractivity contribution in [1.82, 2.24) is 19.3 Å². The number of imidazole rings is 1. The average molecular weight is 375 g/mol. The van der Waals surface area contributed by atoms with E-state index in [1.54, 1.807) is 12.4 Å². The highest BCUT2D eigenvalue weighted by molar-refractivity contribution is 9.10. The molecule has 0 atom stereocenters. The Morgan fingerprint density at radius 2 is 2.19 bits per heavy atom. The van der Waals surface area contributed by atoms with Crippen LogP contribution in [0.15, 0.2) is 34.0 Å². The lowest BCUT2D eigenvalue weighted by Gasteiger charge is -2.10. The van der Waals surface area contributed by atoms with Gasteiger partial charge in [-0.25, -0.2) is 29.0 Å². The molecule has 8 nitrogen and oxygen atoms in total. The third kappa shape index (κ3) is 3.79. The highest BCUT2D eigenvalue weighted by Gasteiger charge is 2.19. The molecule has 0 bridgehead atoms. The van der Waals surface area contributed by atoms with Gasteiger partial charge in [-0.1, -0.05) is 0 Å². The summed E-state index contributed by atoms with van der Waals surface area (Å²) in [5.74, 6) is 6.17. The van der Waals surface area contributed by atoms with Crippen molar-refractivity contribution in [3.8, 4) is 0 Å². The second kappa shape index (κ2) is 6.52. The fourth-order valence-corrected chi connectivity index (χ4v) is 3.40.